The van der Waals surface area contributed by atoms with Gasteiger partial charge in [0.05, 0.1) is 0 Å². The Hall–Kier alpha value is -0.980. The Morgan fingerprint density at radius 2 is 1.18 bits per heavy atom. The van der Waals surface area contributed by atoms with Crippen LogP contribution in [-0.4, -0.2) is 5.11 Å². The van der Waals surface area contributed by atoms with Gasteiger partial charge < -0.3 is 5.11 Å². The van der Waals surface area contributed by atoms with E-state index in [0.29, 0.717) is 5.75 Å². The Morgan fingerprint density at radius 3 is 1.47 bits per heavy atom. The van der Waals surface area contributed by atoms with Gasteiger partial charge in [-0.3, -0.25) is 0 Å². The van der Waals surface area contributed by atoms with E-state index in [-0.39, 0.29) is 10.8 Å². The molecule has 0 heterocycles. The Bertz CT molecular complexity index is 343. The van der Waals surface area contributed by atoms with E-state index in [0.717, 1.165) is 24.0 Å². The van der Waals surface area contributed by atoms with Crippen LogP contribution in [0, 0.1) is 10.8 Å². The molecule has 0 saturated carbocycles. The summed E-state index contributed by atoms with van der Waals surface area (Å²) >= 11 is 0. The van der Waals surface area contributed by atoms with Gasteiger partial charge in [-0.05, 0) is 34.8 Å². The van der Waals surface area contributed by atoms with Gasteiger partial charge in [-0.1, -0.05) is 59.7 Å². The molecule has 0 bridgehead atoms. The number of aromatic hydroxyl groups is 1. The number of hydrogen-bond donors (Lipinski definition) is 1. The zero-order valence-corrected chi connectivity index (χ0v) is 12.1. The van der Waals surface area contributed by atoms with E-state index in [2.05, 4.69) is 47.6 Å². The third-order valence-corrected chi connectivity index (χ3v) is 2.64. The molecule has 1 nitrogen and oxygen atoms in total. The smallest absolute Gasteiger partial charge is 0.121 e. The van der Waals surface area contributed by atoms with Gasteiger partial charge in [0, 0.05) is 0 Å². The van der Waals surface area contributed by atoms with Crippen LogP contribution < -0.4 is 0 Å². The maximum atomic E-state index is 10.3. The second kappa shape index (κ2) is 4.72. The van der Waals surface area contributed by atoms with Crippen LogP contribution in [0.2, 0.25) is 0 Å². The molecule has 0 aliphatic heterocycles. The summed E-state index contributed by atoms with van der Waals surface area (Å²) in [5, 5.41) is 10.3. The van der Waals surface area contributed by atoms with E-state index in [1.807, 2.05) is 12.1 Å². The first kappa shape index (κ1) is 14.1. The number of para-hydroxylation sites is 1. The second-order valence-electron chi connectivity index (χ2n) is 7.40. The number of rotatable bonds is 2. The van der Waals surface area contributed by atoms with Gasteiger partial charge in [0.1, 0.15) is 5.75 Å². The lowest BCUT2D eigenvalue weighted by Gasteiger charge is -2.22. The summed E-state index contributed by atoms with van der Waals surface area (Å²) in [5.74, 6) is 0.498. The van der Waals surface area contributed by atoms with Crippen LogP contribution in [0.1, 0.15) is 52.7 Å². The van der Waals surface area contributed by atoms with Gasteiger partial charge in [0.2, 0.25) is 0 Å². The van der Waals surface area contributed by atoms with Crippen molar-refractivity contribution in [3.63, 3.8) is 0 Å². The van der Waals surface area contributed by atoms with Crippen molar-refractivity contribution in [2.45, 2.75) is 54.4 Å². The van der Waals surface area contributed by atoms with E-state index < -0.39 is 0 Å². The number of phenols is 1. The molecule has 1 aromatic carbocycles. The fourth-order valence-corrected chi connectivity index (χ4v) is 2.07. The maximum absolute atomic E-state index is 10.3. The van der Waals surface area contributed by atoms with Gasteiger partial charge in [0.25, 0.3) is 0 Å². The molecule has 0 fully saturated rings. The summed E-state index contributed by atoms with van der Waals surface area (Å²) in [6, 6.07) is 6.13. The van der Waals surface area contributed by atoms with Crippen molar-refractivity contribution in [1.82, 2.24) is 0 Å². The van der Waals surface area contributed by atoms with E-state index in [1.54, 1.807) is 0 Å². The molecule has 0 atom stereocenters. The molecule has 0 spiro atoms. The normalized spacial score (nSPS) is 12.8. The van der Waals surface area contributed by atoms with Crippen LogP contribution in [0.4, 0.5) is 0 Å². The highest BCUT2D eigenvalue weighted by Gasteiger charge is 2.18. The Balaban J connectivity index is 3.00. The second-order valence-corrected chi connectivity index (χ2v) is 7.40. The van der Waals surface area contributed by atoms with Crippen LogP contribution in [-0.2, 0) is 12.8 Å². The fraction of sp³-hybridized carbons (Fsp3) is 0.625. The zero-order chi connectivity index (χ0) is 13.3. The maximum Gasteiger partial charge on any atom is 0.121 e. The van der Waals surface area contributed by atoms with Gasteiger partial charge in [-0.2, -0.15) is 0 Å². The van der Waals surface area contributed by atoms with Crippen molar-refractivity contribution < 1.29 is 5.11 Å². The highest BCUT2D eigenvalue weighted by Crippen LogP contribution is 2.32. The highest BCUT2D eigenvalue weighted by molar-refractivity contribution is 5.41. The van der Waals surface area contributed by atoms with Crippen LogP contribution in [0.25, 0.3) is 0 Å². The first-order valence-electron chi connectivity index (χ1n) is 6.38. The molecule has 96 valence electrons. The minimum atomic E-state index is 0.206. The number of benzene rings is 1. The predicted octanol–water partition coefficient (Wildman–Crippen LogP) is 4.57. The van der Waals surface area contributed by atoms with Gasteiger partial charge in [-0.15, -0.1) is 0 Å². The Morgan fingerprint density at radius 1 is 0.824 bits per heavy atom. The molecule has 1 heteroatoms. The number of phenolic OH excluding ortho intramolecular Hbond substituents is 1. The molecular weight excluding hydrogens is 208 g/mol. The molecule has 17 heavy (non-hydrogen) atoms. The van der Waals surface area contributed by atoms with Crippen LogP contribution in [0.5, 0.6) is 5.75 Å². The lowest BCUT2D eigenvalue weighted by atomic mass is 9.84. The molecule has 1 aromatic rings. The molecule has 1 rings (SSSR count). The molecular formula is C16H26O. The molecule has 0 unspecified atom stereocenters. The van der Waals surface area contributed by atoms with Crippen molar-refractivity contribution in [1.29, 1.82) is 0 Å². The third kappa shape index (κ3) is 4.80. The first-order valence-corrected chi connectivity index (χ1v) is 6.38. The van der Waals surface area contributed by atoms with Crippen LogP contribution in [0.3, 0.4) is 0 Å². The summed E-state index contributed by atoms with van der Waals surface area (Å²) in [6.45, 7) is 13.2. The molecule has 0 aliphatic carbocycles. The van der Waals surface area contributed by atoms with Crippen LogP contribution >= 0.6 is 0 Å². The largest absolute Gasteiger partial charge is 0.507 e. The van der Waals surface area contributed by atoms with Crippen molar-refractivity contribution in [3.05, 3.63) is 29.3 Å². The zero-order valence-electron chi connectivity index (χ0n) is 12.1. The monoisotopic (exact) mass is 234 g/mol. The topological polar surface area (TPSA) is 20.2 Å². The van der Waals surface area contributed by atoms with Gasteiger partial charge in [-0.25, -0.2) is 0 Å². The minimum Gasteiger partial charge on any atom is -0.507 e. The lowest BCUT2D eigenvalue weighted by Crippen LogP contribution is -2.12. The minimum absolute atomic E-state index is 0.206. The van der Waals surface area contributed by atoms with Gasteiger partial charge >= 0.3 is 0 Å². The first-order chi connectivity index (χ1) is 7.58. The average molecular weight is 234 g/mol. The summed E-state index contributed by atoms with van der Waals surface area (Å²) in [7, 11) is 0. The highest BCUT2D eigenvalue weighted by atomic mass is 16.3. The summed E-state index contributed by atoms with van der Waals surface area (Å²) in [6.07, 6.45) is 1.83. The molecule has 0 radical (unpaired) electrons. The Labute approximate surface area is 106 Å². The van der Waals surface area contributed by atoms with Crippen molar-refractivity contribution in [3.8, 4) is 5.75 Å². The van der Waals surface area contributed by atoms with E-state index in [4.69, 9.17) is 0 Å². The third-order valence-electron chi connectivity index (χ3n) is 2.64. The average Bonchev–Trinajstić information content (AvgIpc) is 2.07. The van der Waals surface area contributed by atoms with Crippen LogP contribution in [0.15, 0.2) is 18.2 Å². The van der Waals surface area contributed by atoms with E-state index in [1.165, 1.54) is 0 Å². The van der Waals surface area contributed by atoms with Gasteiger partial charge in [0.15, 0.2) is 0 Å². The standard InChI is InChI=1S/C16H26O/c1-15(2,3)10-12-8-7-9-13(14(12)17)11-16(4,5)6/h7-9,17H,10-11H2,1-6H3. The summed E-state index contributed by atoms with van der Waals surface area (Å²) in [5.41, 5.74) is 2.55. The number of hydrogen-bond acceptors (Lipinski definition) is 1. The molecule has 1 N–H and O–H groups in total. The predicted molar refractivity (Wildman–Crippen MR) is 74.4 cm³/mol. The molecule has 0 aromatic heterocycles. The molecule has 0 aliphatic rings. The SMILES string of the molecule is CC(C)(C)Cc1cccc(CC(C)(C)C)c1O. The quantitative estimate of drug-likeness (QED) is 0.794. The van der Waals surface area contributed by atoms with Crippen molar-refractivity contribution >= 4 is 0 Å². The summed E-state index contributed by atoms with van der Waals surface area (Å²) in [4.78, 5) is 0. The van der Waals surface area contributed by atoms with E-state index in [9.17, 15) is 5.11 Å². The molecule has 0 saturated heterocycles. The van der Waals surface area contributed by atoms with E-state index >= 15 is 0 Å². The lowest BCUT2D eigenvalue weighted by molar-refractivity contribution is 0.378. The molecule has 0 amide bonds. The van der Waals surface area contributed by atoms with Crippen molar-refractivity contribution in [2.75, 3.05) is 0 Å². The Kier molecular flexibility index (Phi) is 3.91. The van der Waals surface area contributed by atoms with Crippen molar-refractivity contribution in [2.24, 2.45) is 10.8 Å². The fourth-order valence-electron chi connectivity index (χ4n) is 2.07. The summed E-state index contributed by atoms with van der Waals surface area (Å²) < 4.78 is 0.